The SMILES string of the molecule is CC(CO)NC(CC(N)=NO)c1ccccc1. The number of nitrogens with two attached hydrogens (primary N) is 1. The molecule has 0 aromatic heterocycles. The zero-order valence-corrected chi connectivity index (χ0v) is 9.87. The Kier molecular flexibility index (Phi) is 5.45. The Hall–Kier alpha value is -1.59. The van der Waals surface area contributed by atoms with E-state index in [1.54, 1.807) is 0 Å². The molecule has 1 aromatic rings. The number of aliphatic hydroxyl groups excluding tert-OH is 1. The van der Waals surface area contributed by atoms with Crippen LogP contribution in [0.1, 0.15) is 24.9 Å². The third-order valence-electron chi connectivity index (χ3n) is 2.50. The maximum absolute atomic E-state index is 9.05. The molecule has 0 bridgehead atoms. The number of nitrogens with zero attached hydrogens (tertiary/aromatic N) is 1. The zero-order chi connectivity index (χ0) is 12.7. The standard InChI is InChI=1S/C12H19N3O2/c1-9(8-16)14-11(7-12(13)15-17)10-5-3-2-4-6-10/h2-6,9,11,14,16-17H,7-8H2,1H3,(H2,13,15). The Labute approximate surface area is 101 Å². The Morgan fingerprint density at radius 3 is 2.59 bits per heavy atom. The molecule has 5 nitrogen and oxygen atoms in total. The molecular weight excluding hydrogens is 218 g/mol. The predicted molar refractivity (Wildman–Crippen MR) is 66.9 cm³/mol. The van der Waals surface area contributed by atoms with Gasteiger partial charge in [0, 0.05) is 18.5 Å². The van der Waals surface area contributed by atoms with Gasteiger partial charge in [0.1, 0.15) is 5.84 Å². The smallest absolute Gasteiger partial charge is 0.141 e. The van der Waals surface area contributed by atoms with Crippen molar-refractivity contribution in [3.05, 3.63) is 35.9 Å². The summed E-state index contributed by atoms with van der Waals surface area (Å²) in [6, 6.07) is 9.60. The van der Waals surface area contributed by atoms with Crippen LogP contribution in [0.25, 0.3) is 0 Å². The highest BCUT2D eigenvalue weighted by Gasteiger charge is 2.15. The lowest BCUT2D eigenvalue weighted by Gasteiger charge is -2.22. The van der Waals surface area contributed by atoms with Gasteiger partial charge >= 0.3 is 0 Å². The van der Waals surface area contributed by atoms with E-state index in [-0.39, 0.29) is 24.5 Å². The highest BCUT2D eigenvalue weighted by molar-refractivity contribution is 5.80. The monoisotopic (exact) mass is 237 g/mol. The fourth-order valence-corrected chi connectivity index (χ4v) is 1.60. The van der Waals surface area contributed by atoms with E-state index in [1.165, 1.54) is 0 Å². The molecule has 0 fully saturated rings. The van der Waals surface area contributed by atoms with E-state index in [0.29, 0.717) is 6.42 Å². The summed E-state index contributed by atoms with van der Waals surface area (Å²) in [5.41, 5.74) is 6.57. The van der Waals surface area contributed by atoms with Gasteiger partial charge in [-0.05, 0) is 12.5 Å². The molecule has 5 N–H and O–H groups in total. The molecule has 0 aliphatic heterocycles. The number of rotatable bonds is 6. The molecule has 2 unspecified atom stereocenters. The lowest BCUT2D eigenvalue weighted by Crippen LogP contribution is -2.35. The largest absolute Gasteiger partial charge is 0.409 e. The van der Waals surface area contributed by atoms with Crippen molar-refractivity contribution in [3.63, 3.8) is 0 Å². The van der Waals surface area contributed by atoms with Crippen molar-refractivity contribution in [1.29, 1.82) is 0 Å². The molecule has 0 amide bonds. The van der Waals surface area contributed by atoms with Crippen molar-refractivity contribution in [2.24, 2.45) is 10.9 Å². The van der Waals surface area contributed by atoms with E-state index >= 15 is 0 Å². The predicted octanol–water partition coefficient (Wildman–Crippen LogP) is 0.835. The first-order valence-electron chi connectivity index (χ1n) is 5.55. The summed E-state index contributed by atoms with van der Waals surface area (Å²) < 4.78 is 0. The Bertz CT molecular complexity index is 354. The van der Waals surface area contributed by atoms with Gasteiger partial charge in [0.2, 0.25) is 0 Å². The minimum absolute atomic E-state index is 0.0412. The maximum Gasteiger partial charge on any atom is 0.141 e. The van der Waals surface area contributed by atoms with Gasteiger partial charge in [0.15, 0.2) is 0 Å². The van der Waals surface area contributed by atoms with Gasteiger partial charge in [-0.3, -0.25) is 0 Å². The van der Waals surface area contributed by atoms with Gasteiger partial charge < -0.3 is 21.4 Å². The molecule has 0 heterocycles. The minimum Gasteiger partial charge on any atom is -0.409 e. The molecule has 1 rings (SSSR count). The second-order valence-corrected chi connectivity index (χ2v) is 4.01. The van der Waals surface area contributed by atoms with Gasteiger partial charge in [-0.15, -0.1) is 0 Å². The minimum atomic E-state index is -0.0748. The second kappa shape index (κ2) is 6.88. The number of nitrogens with one attached hydrogen (secondary N) is 1. The van der Waals surface area contributed by atoms with Crippen LogP contribution in [0, 0.1) is 0 Å². The van der Waals surface area contributed by atoms with Crippen LogP contribution in [0.3, 0.4) is 0 Å². The van der Waals surface area contributed by atoms with E-state index in [2.05, 4.69) is 10.5 Å². The Morgan fingerprint density at radius 1 is 1.41 bits per heavy atom. The first kappa shape index (κ1) is 13.5. The second-order valence-electron chi connectivity index (χ2n) is 4.01. The van der Waals surface area contributed by atoms with Gasteiger partial charge in [-0.25, -0.2) is 0 Å². The number of benzene rings is 1. The summed E-state index contributed by atoms with van der Waals surface area (Å²) in [5, 5.41) is 23.9. The molecular formula is C12H19N3O2. The fraction of sp³-hybridized carbons (Fsp3) is 0.417. The lowest BCUT2D eigenvalue weighted by atomic mass is 10.0. The summed E-state index contributed by atoms with van der Waals surface area (Å²) in [7, 11) is 0. The zero-order valence-electron chi connectivity index (χ0n) is 9.87. The van der Waals surface area contributed by atoms with E-state index < -0.39 is 0 Å². The van der Waals surface area contributed by atoms with E-state index in [1.807, 2.05) is 37.3 Å². The Balaban J connectivity index is 2.79. The molecule has 17 heavy (non-hydrogen) atoms. The van der Waals surface area contributed by atoms with Crippen LogP contribution in [0.15, 0.2) is 35.5 Å². The van der Waals surface area contributed by atoms with Crippen LogP contribution in [-0.2, 0) is 0 Å². The number of aliphatic hydroxyl groups is 1. The first-order valence-corrected chi connectivity index (χ1v) is 5.55. The van der Waals surface area contributed by atoms with Gasteiger partial charge in [0.05, 0.1) is 6.61 Å². The van der Waals surface area contributed by atoms with Crippen molar-refractivity contribution < 1.29 is 10.3 Å². The molecule has 0 aliphatic carbocycles. The van der Waals surface area contributed by atoms with E-state index in [0.717, 1.165) is 5.56 Å². The first-order chi connectivity index (χ1) is 8.17. The van der Waals surface area contributed by atoms with Gasteiger partial charge in [0.25, 0.3) is 0 Å². The quantitative estimate of drug-likeness (QED) is 0.255. The van der Waals surface area contributed by atoms with Crippen LogP contribution in [0.2, 0.25) is 0 Å². The number of hydrogen-bond acceptors (Lipinski definition) is 4. The normalized spacial score (nSPS) is 15.5. The van der Waals surface area contributed by atoms with Crippen LogP contribution in [0.4, 0.5) is 0 Å². The van der Waals surface area contributed by atoms with Crippen LogP contribution in [0.5, 0.6) is 0 Å². The van der Waals surface area contributed by atoms with Gasteiger partial charge in [-0.1, -0.05) is 35.5 Å². The molecule has 5 heteroatoms. The molecule has 94 valence electrons. The van der Waals surface area contributed by atoms with E-state index in [4.69, 9.17) is 16.0 Å². The van der Waals surface area contributed by atoms with E-state index in [9.17, 15) is 0 Å². The summed E-state index contributed by atoms with van der Waals surface area (Å²) in [6.45, 7) is 1.92. The number of hydrogen-bond donors (Lipinski definition) is 4. The highest BCUT2D eigenvalue weighted by Crippen LogP contribution is 2.17. The molecule has 2 atom stereocenters. The summed E-state index contributed by atoms with van der Waals surface area (Å²) >= 11 is 0. The summed E-state index contributed by atoms with van der Waals surface area (Å²) in [6.07, 6.45) is 0.394. The number of oxime groups is 1. The third kappa shape index (κ3) is 4.42. The van der Waals surface area contributed by atoms with Crippen molar-refractivity contribution in [1.82, 2.24) is 5.32 Å². The average Bonchev–Trinajstić information content (AvgIpc) is 2.38. The molecule has 0 radical (unpaired) electrons. The summed E-state index contributed by atoms with van der Waals surface area (Å²) in [5.74, 6) is 0.163. The number of amidine groups is 1. The third-order valence-corrected chi connectivity index (χ3v) is 2.50. The maximum atomic E-state index is 9.05. The van der Waals surface area contributed by atoms with Gasteiger partial charge in [-0.2, -0.15) is 0 Å². The highest BCUT2D eigenvalue weighted by atomic mass is 16.4. The lowest BCUT2D eigenvalue weighted by molar-refractivity contribution is 0.241. The van der Waals surface area contributed by atoms with Crippen molar-refractivity contribution in [2.45, 2.75) is 25.4 Å². The molecule has 0 saturated heterocycles. The summed E-state index contributed by atoms with van der Waals surface area (Å²) in [4.78, 5) is 0. The Morgan fingerprint density at radius 2 is 2.06 bits per heavy atom. The van der Waals surface area contributed by atoms with Crippen LogP contribution < -0.4 is 11.1 Å². The molecule has 0 aliphatic rings. The van der Waals surface area contributed by atoms with Crippen LogP contribution >= 0.6 is 0 Å². The fourth-order valence-electron chi connectivity index (χ4n) is 1.60. The topological polar surface area (TPSA) is 90.9 Å². The van der Waals surface area contributed by atoms with Crippen LogP contribution in [-0.4, -0.2) is 28.8 Å². The average molecular weight is 237 g/mol. The van der Waals surface area contributed by atoms with Crippen molar-refractivity contribution in [2.75, 3.05) is 6.61 Å². The molecule has 1 aromatic carbocycles. The molecule has 0 saturated carbocycles. The molecule has 0 spiro atoms. The van der Waals surface area contributed by atoms with Crippen molar-refractivity contribution in [3.8, 4) is 0 Å². The van der Waals surface area contributed by atoms with Crippen molar-refractivity contribution >= 4 is 5.84 Å².